The molecular formula is C23H22N6O4. The first-order valence-corrected chi connectivity index (χ1v) is 10.4. The zero-order valence-electron chi connectivity index (χ0n) is 18.1. The molecule has 1 aliphatic rings. The Kier molecular flexibility index (Phi) is 5.39. The van der Waals surface area contributed by atoms with E-state index >= 15 is 0 Å². The predicted octanol–water partition coefficient (Wildman–Crippen LogP) is 3.81. The molecule has 10 heteroatoms. The highest BCUT2D eigenvalue weighted by Gasteiger charge is 2.36. The average Bonchev–Trinajstić information content (AvgIpc) is 3.53. The molecule has 2 aromatic heterocycles. The number of methoxy groups -OCH3 is 2. The Balaban J connectivity index is 1.41. The Bertz CT molecular complexity index is 1250. The number of hydrogen-bond acceptors (Lipinski definition) is 7. The van der Waals surface area contributed by atoms with Gasteiger partial charge in [0.15, 0.2) is 0 Å². The number of imidazole rings is 1. The summed E-state index contributed by atoms with van der Waals surface area (Å²) in [6.45, 7) is 0.336. The van der Waals surface area contributed by atoms with Crippen LogP contribution < -0.4 is 14.8 Å². The van der Waals surface area contributed by atoms with Gasteiger partial charge in [0.1, 0.15) is 17.5 Å². The van der Waals surface area contributed by atoms with Gasteiger partial charge < -0.3 is 29.2 Å². The summed E-state index contributed by atoms with van der Waals surface area (Å²) in [6, 6.07) is 13.8. The number of amides is 2. The second-order valence-corrected chi connectivity index (χ2v) is 7.52. The van der Waals surface area contributed by atoms with Crippen molar-refractivity contribution in [2.24, 2.45) is 0 Å². The number of ether oxygens (including phenoxy) is 2. The van der Waals surface area contributed by atoms with Crippen LogP contribution >= 0.6 is 0 Å². The van der Waals surface area contributed by atoms with Crippen molar-refractivity contribution in [2.75, 3.05) is 19.5 Å². The van der Waals surface area contributed by atoms with E-state index < -0.39 is 6.04 Å². The van der Waals surface area contributed by atoms with Crippen LogP contribution in [0.4, 0.5) is 10.5 Å². The Morgan fingerprint density at radius 2 is 1.79 bits per heavy atom. The van der Waals surface area contributed by atoms with E-state index in [-0.39, 0.29) is 6.03 Å². The number of benzene rings is 2. The van der Waals surface area contributed by atoms with Crippen LogP contribution in [0, 0.1) is 0 Å². The van der Waals surface area contributed by atoms with Gasteiger partial charge in [-0.15, -0.1) is 0 Å². The van der Waals surface area contributed by atoms with Gasteiger partial charge in [0.05, 0.1) is 38.5 Å². The van der Waals surface area contributed by atoms with E-state index in [1.165, 1.54) is 0 Å². The molecule has 2 amide bonds. The molecule has 0 aliphatic carbocycles. The van der Waals surface area contributed by atoms with Crippen LogP contribution in [0.15, 0.2) is 59.4 Å². The number of carbonyl (C=O) groups excluding carboxylic acids is 1. The van der Waals surface area contributed by atoms with E-state index in [9.17, 15) is 4.79 Å². The van der Waals surface area contributed by atoms with E-state index in [1.807, 2.05) is 24.3 Å². The van der Waals surface area contributed by atoms with Gasteiger partial charge >= 0.3 is 6.03 Å². The van der Waals surface area contributed by atoms with Crippen LogP contribution in [0.5, 0.6) is 11.5 Å². The summed E-state index contributed by atoms with van der Waals surface area (Å²) in [6.07, 6.45) is 2.09. The van der Waals surface area contributed by atoms with Crippen molar-refractivity contribution in [3.8, 4) is 22.9 Å². The first-order chi connectivity index (χ1) is 16.1. The minimum absolute atomic E-state index is 0.283. The number of H-pyrrole nitrogens is 1. The minimum atomic E-state index is -0.460. The minimum Gasteiger partial charge on any atom is -0.497 e. The van der Waals surface area contributed by atoms with Crippen molar-refractivity contribution >= 4 is 11.7 Å². The first kappa shape index (κ1) is 20.6. The van der Waals surface area contributed by atoms with E-state index in [4.69, 9.17) is 14.0 Å². The summed E-state index contributed by atoms with van der Waals surface area (Å²) in [5.41, 5.74) is 3.19. The number of hydrogen-bond donors (Lipinski definition) is 2. The third-order valence-electron chi connectivity index (χ3n) is 5.58. The van der Waals surface area contributed by atoms with Crippen LogP contribution in [0.1, 0.15) is 23.3 Å². The van der Waals surface area contributed by atoms with Gasteiger partial charge in [-0.1, -0.05) is 5.16 Å². The van der Waals surface area contributed by atoms with Gasteiger partial charge in [-0.05, 0) is 48.5 Å². The van der Waals surface area contributed by atoms with Crippen molar-refractivity contribution in [2.45, 2.75) is 19.0 Å². The van der Waals surface area contributed by atoms with E-state index in [0.29, 0.717) is 36.1 Å². The van der Waals surface area contributed by atoms with Crippen LogP contribution in [-0.4, -0.2) is 45.3 Å². The van der Waals surface area contributed by atoms with Crippen molar-refractivity contribution in [3.05, 3.63) is 72.1 Å². The largest absolute Gasteiger partial charge is 0.497 e. The van der Waals surface area contributed by atoms with Crippen molar-refractivity contribution in [3.63, 3.8) is 0 Å². The highest BCUT2D eigenvalue weighted by atomic mass is 16.5. The Hall–Kier alpha value is -4.34. The van der Waals surface area contributed by atoms with E-state index in [2.05, 4.69) is 25.4 Å². The standard InChI is InChI=1S/C23H22N6O4/c1-31-16-7-3-14(4-8-16)21-27-22(33-28-21)20-11-18-19(25-13-24-18)12-29(20)23(30)26-15-5-9-17(32-2)10-6-15/h3-10,13,20H,11-12H2,1-2H3,(H,24,25)(H,26,30)/t20-/m0/s1. The van der Waals surface area contributed by atoms with Crippen LogP contribution in [0.3, 0.4) is 0 Å². The molecule has 1 aliphatic heterocycles. The molecule has 0 saturated heterocycles. The van der Waals surface area contributed by atoms with Crippen LogP contribution in [-0.2, 0) is 13.0 Å². The molecule has 4 aromatic rings. The summed E-state index contributed by atoms with van der Waals surface area (Å²) in [4.78, 5) is 27.0. The molecule has 0 fully saturated rings. The molecule has 2 aromatic carbocycles. The Morgan fingerprint density at radius 1 is 1.09 bits per heavy atom. The third kappa shape index (κ3) is 4.10. The summed E-state index contributed by atoms with van der Waals surface area (Å²) in [7, 11) is 3.21. The van der Waals surface area contributed by atoms with Crippen LogP contribution in [0.2, 0.25) is 0 Å². The molecule has 0 unspecified atom stereocenters. The van der Waals surface area contributed by atoms with E-state index in [0.717, 1.165) is 22.7 Å². The zero-order valence-corrected chi connectivity index (χ0v) is 18.1. The lowest BCUT2D eigenvalue weighted by atomic mass is 10.0. The molecule has 10 nitrogen and oxygen atoms in total. The van der Waals surface area contributed by atoms with E-state index in [1.54, 1.807) is 49.7 Å². The molecule has 0 bridgehead atoms. The molecule has 0 spiro atoms. The third-order valence-corrected chi connectivity index (χ3v) is 5.58. The molecule has 0 saturated carbocycles. The maximum absolute atomic E-state index is 13.2. The molecule has 0 radical (unpaired) electrons. The highest BCUT2D eigenvalue weighted by Crippen LogP contribution is 2.33. The van der Waals surface area contributed by atoms with Gasteiger partial charge in [0, 0.05) is 17.7 Å². The second-order valence-electron chi connectivity index (χ2n) is 7.52. The topological polar surface area (TPSA) is 118 Å². The quantitative estimate of drug-likeness (QED) is 0.478. The number of aromatic amines is 1. The molecule has 33 heavy (non-hydrogen) atoms. The lowest BCUT2D eigenvalue weighted by molar-refractivity contribution is 0.155. The molecule has 5 rings (SSSR count). The van der Waals surface area contributed by atoms with Crippen molar-refractivity contribution in [1.82, 2.24) is 25.0 Å². The van der Waals surface area contributed by atoms with Gasteiger partial charge in [-0.2, -0.15) is 4.98 Å². The molecular weight excluding hydrogens is 424 g/mol. The van der Waals surface area contributed by atoms with Gasteiger partial charge in [-0.25, -0.2) is 9.78 Å². The van der Waals surface area contributed by atoms with Crippen LogP contribution in [0.25, 0.3) is 11.4 Å². The lowest BCUT2D eigenvalue weighted by Crippen LogP contribution is -2.41. The Labute approximate surface area is 189 Å². The monoisotopic (exact) mass is 446 g/mol. The van der Waals surface area contributed by atoms with Crippen molar-refractivity contribution in [1.29, 1.82) is 0 Å². The van der Waals surface area contributed by atoms with Gasteiger partial charge in [0.25, 0.3) is 0 Å². The predicted molar refractivity (Wildman–Crippen MR) is 119 cm³/mol. The summed E-state index contributed by atoms with van der Waals surface area (Å²) >= 11 is 0. The number of aromatic nitrogens is 4. The molecule has 3 heterocycles. The fourth-order valence-electron chi connectivity index (χ4n) is 3.77. The summed E-state index contributed by atoms with van der Waals surface area (Å²) in [5, 5.41) is 7.06. The maximum atomic E-state index is 13.2. The fourth-order valence-corrected chi connectivity index (χ4v) is 3.77. The first-order valence-electron chi connectivity index (χ1n) is 10.4. The molecule has 168 valence electrons. The number of nitrogens with one attached hydrogen (secondary N) is 2. The second kappa shape index (κ2) is 8.65. The van der Waals surface area contributed by atoms with Gasteiger partial charge in [0.2, 0.25) is 11.7 Å². The molecule has 1 atom stereocenters. The lowest BCUT2D eigenvalue weighted by Gasteiger charge is -2.32. The number of nitrogens with zero attached hydrogens (tertiary/aromatic N) is 4. The van der Waals surface area contributed by atoms with Crippen molar-refractivity contribution < 1.29 is 18.8 Å². The smallest absolute Gasteiger partial charge is 0.322 e. The van der Waals surface area contributed by atoms with Gasteiger partial charge in [-0.3, -0.25) is 0 Å². The zero-order chi connectivity index (χ0) is 22.8. The SMILES string of the molecule is COc1ccc(NC(=O)N2Cc3[nH]cnc3C[C@H]2c2nc(-c3ccc(OC)cc3)no2)cc1. The number of fused-ring (bicyclic) bond motifs is 1. The number of carbonyl (C=O) groups is 1. The fraction of sp³-hybridized carbons (Fsp3) is 0.217. The average molecular weight is 446 g/mol. The maximum Gasteiger partial charge on any atom is 0.322 e. The number of rotatable bonds is 5. The number of urea groups is 1. The Morgan fingerprint density at radius 3 is 2.48 bits per heavy atom. The summed E-state index contributed by atoms with van der Waals surface area (Å²) in [5.74, 6) is 2.24. The summed E-state index contributed by atoms with van der Waals surface area (Å²) < 4.78 is 16.0. The molecule has 2 N–H and O–H groups in total. The highest BCUT2D eigenvalue weighted by molar-refractivity contribution is 5.89. The normalized spacial score (nSPS) is 15.1. The number of anilines is 1.